The van der Waals surface area contributed by atoms with Crippen molar-refractivity contribution in [2.24, 2.45) is 0 Å². The van der Waals surface area contributed by atoms with Gasteiger partial charge in [0.05, 0.1) is 0 Å². The van der Waals surface area contributed by atoms with Crippen molar-refractivity contribution >= 4 is 23.8 Å². The van der Waals surface area contributed by atoms with E-state index in [4.69, 9.17) is 21.7 Å². The van der Waals surface area contributed by atoms with Gasteiger partial charge in [-0.05, 0) is 50.3 Å². The standard InChI is InChI=1S/C21H21N3O3S/c1-21(2)12-14-5-3-8-17(19(14)27-21)26-13-18(25)23-15-6-4-7-16(11-15)24-10-9-22-20(24)28/h3-11H,12-13H2,1-2H3,(H,22,28)(H,23,25). The van der Waals surface area contributed by atoms with Gasteiger partial charge in [0, 0.05) is 35.8 Å². The number of hydrogen-bond donors (Lipinski definition) is 2. The van der Waals surface area contributed by atoms with E-state index in [1.165, 1.54) is 0 Å². The monoisotopic (exact) mass is 395 g/mol. The van der Waals surface area contributed by atoms with E-state index in [2.05, 4.69) is 10.3 Å². The summed E-state index contributed by atoms with van der Waals surface area (Å²) in [7, 11) is 0. The molecule has 0 fully saturated rings. The number of carbonyl (C=O) groups excluding carboxylic acids is 1. The number of benzene rings is 2. The minimum atomic E-state index is -0.260. The molecule has 0 unspecified atom stereocenters. The van der Waals surface area contributed by atoms with Crippen LogP contribution in [0.15, 0.2) is 54.9 Å². The summed E-state index contributed by atoms with van der Waals surface area (Å²) in [6, 6.07) is 13.2. The molecule has 4 rings (SSSR count). The van der Waals surface area contributed by atoms with Crippen LogP contribution in [0, 0.1) is 4.77 Å². The first-order valence-corrected chi connectivity index (χ1v) is 9.42. The third kappa shape index (κ3) is 3.80. The first kappa shape index (κ1) is 18.3. The van der Waals surface area contributed by atoms with Gasteiger partial charge < -0.3 is 19.8 Å². The van der Waals surface area contributed by atoms with Crippen molar-refractivity contribution in [2.45, 2.75) is 25.9 Å². The van der Waals surface area contributed by atoms with Gasteiger partial charge in [0.15, 0.2) is 22.9 Å². The number of anilines is 1. The quantitative estimate of drug-likeness (QED) is 0.633. The molecule has 2 aromatic carbocycles. The van der Waals surface area contributed by atoms with Gasteiger partial charge in [-0.15, -0.1) is 0 Å². The Labute approximate surface area is 168 Å². The number of carbonyl (C=O) groups is 1. The average molecular weight is 395 g/mol. The molecule has 28 heavy (non-hydrogen) atoms. The maximum atomic E-state index is 12.4. The second kappa shape index (κ2) is 7.16. The van der Waals surface area contributed by atoms with Crippen molar-refractivity contribution in [1.29, 1.82) is 0 Å². The zero-order valence-corrected chi connectivity index (χ0v) is 16.5. The van der Waals surface area contributed by atoms with Crippen LogP contribution in [0.25, 0.3) is 5.69 Å². The molecule has 0 saturated carbocycles. The number of fused-ring (bicyclic) bond motifs is 1. The summed E-state index contributed by atoms with van der Waals surface area (Å²) in [6.07, 6.45) is 4.42. The van der Waals surface area contributed by atoms with Crippen molar-refractivity contribution in [3.8, 4) is 17.2 Å². The number of aromatic nitrogens is 2. The van der Waals surface area contributed by atoms with Crippen LogP contribution in [0.1, 0.15) is 19.4 Å². The molecule has 1 amide bonds. The largest absolute Gasteiger partial charge is 0.483 e. The number of nitrogens with zero attached hydrogens (tertiary/aromatic N) is 1. The number of ether oxygens (including phenoxy) is 2. The molecule has 0 radical (unpaired) electrons. The number of H-pyrrole nitrogens is 1. The Bertz CT molecular complexity index is 1080. The van der Waals surface area contributed by atoms with E-state index in [1.54, 1.807) is 6.20 Å². The summed E-state index contributed by atoms with van der Waals surface area (Å²) in [5, 5.41) is 2.86. The number of para-hydroxylation sites is 1. The predicted molar refractivity (Wildman–Crippen MR) is 110 cm³/mol. The van der Waals surface area contributed by atoms with Gasteiger partial charge in [-0.1, -0.05) is 18.2 Å². The van der Waals surface area contributed by atoms with Crippen LogP contribution in [0.4, 0.5) is 5.69 Å². The number of imidazole rings is 1. The molecular formula is C21H21N3O3S. The van der Waals surface area contributed by atoms with Gasteiger partial charge in [0.2, 0.25) is 0 Å². The Balaban J connectivity index is 1.42. The highest BCUT2D eigenvalue weighted by Crippen LogP contribution is 2.41. The summed E-state index contributed by atoms with van der Waals surface area (Å²) in [6.45, 7) is 3.97. The van der Waals surface area contributed by atoms with E-state index >= 15 is 0 Å². The van der Waals surface area contributed by atoms with E-state index in [0.717, 1.165) is 23.4 Å². The zero-order chi connectivity index (χ0) is 19.7. The highest BCUT2D eigenvalue weighted by atomic mass is 32.1. The third-order valence-electron chi connectivity index (χ3n) is 4.47. The summed E-state index contributed by atoms with van der Waals surface area (Å²) in [4.78, 5) is 15.3. The van der Waals surface area contributed by atoms with Crippen molar-refractivity contribution in [1.82, 2.24) is 9.55 Å². The smallest absolute Gasteiger partial charge is 0.262 e. The van der Waals surface area contributed by atoms with Gasteiger partial charge in [0.25, 0.3) is 5.91 Å². The molecule has 144 valence electrons. The minimum Gasteiger partial charge on any atom is -0.483 e. The van der Waals surface area contributed by atoms with E-state index in [-0.39, 0.29) is 18.1 Å². The lowest BCUT2D eigenvalue weighted by molar-refractivity contribution is -0.118. The molecule has 0 atom stereocenters. The highest BCUT2D eigenvalue weighted by molar-refractivity contribution is 7.71. The van der Waals surface area contributed by atoms with Crippen LogP contribution in [-0.2, 0) is 11.2 Å². The molecular weight excluding hydrogens is 374 g/mol. The Morgan fingerprint density at radius 2 is 2.14 bits per heavy atom. The first-order chi connectivity index (χ1) is 13.4. The number of aromatic amines is 1. The number of amides is 1. The zero-order valence-electron chi connectivity index (χ0n) is 15.7. The fourth-order valence-corrected chi connectivity index (χ4v) is 3.53. The van der Waals surface area contributed by atoms with E-state index in [9.17, 15) is 4.79 Å². The van der Waals surface area contributed by atoms with Crippen LogP contribution in [0.2, 0.25) is 0 Å². The van der Waals surface area contributed by atoms with Gasteiger partial charge >= 0.3 is 0 Å². The number of nitrogens with one attached hydrogen (secondary N) is 2. The van der Waals surface area contributed by atoms with E-state index in [0.29, 0.717) is 16.2 Å². The molecule has 6 nitrogen and oxygen atoms in total. The Kier molecular flexibility index (Phi) is 4.68. The summed E-state index contributed by atoms with van der Waals surface area (Å²) in [5.74, 6) is 1.07. The predicted octanol–water partition coefficient (Wildman–Crippen LogP) is 4.27. The Morgan fingerprint density at radius 1 is 1.32 bits per heavy atom. The topological polar surface area (TPSA) is 68.3 Å². The molecule has 0 spiro atoms. The van der Waals surface area contributed by atoms with Crippen LogP contribution in [0.3, 0.4) is 0 Å². The van der Waals surface area contributed by atoms with E-state index < -0.39 is 0 Å². The second-order valence-corrected chi connectivity index (χ2v) is 7.69. The van der Waals surface area contributed by atoms with Gasteiger partial charge in [-0.25, -0.2) is 0 Å². The van der Waals surface area contributed by atoms with Crippen LogP contribution in [-0.4, -0.2) is 27.7 Å². The molecule has 2 N–H and O–H groups in total. The minimum absolute atomic E-state index is 0.103. The van der Waals surface area contributed by atoms with Crippen molar-refractivity contribution in [3.63, 3.8) is 0 Å². The van der Waals surface area contributed by atoms with Gasteiger partial charge in [-0.3, -0.25) is 9.36 Å². The van der Waals surface area contributed by atoms with Crippen LogP contribution < -0.4 is 14.8 Å². The first-order valence-electron chi connectivity index (χ1n) is 9.01. The summed E-state index contributed by atoms with van der Waals surface area (Å²) < 4.78 is 14.1. The normalized spacial score (nSPS) is 14.2. The fraction of sp³-hybridized carbons (Fsp3) is 0.238. The number of rotatable bonds is 5. The molecule has 2 heterocycles. The van der Waals surface area contributed by atoms with Gasteiger partial charge in [-0.2, -0.15) is 0 Å². The van der Waals surface area contributed by atoms with Crippen molar-refractivity contribution in [3.05, 3.63) is 65.2 Å². The second-order valence-electron chi connectivity index (χ2n) is 7.31. The SMILES string of the molecule is CC1(C)Cc2cccc(OCC(=O)Nc3cccc(-n4cc[nH]c4=S)c3)c2O1. The molecule has 1 aromatic heterocycles. The highest BCUT2D eigenvalue weighted by Gasteiger charge is 2.32. The lowest BCUT2D eigenvalue weighted by Crippen LogP contribution is -2.25. The Morgan fingerprint density at radius 3 is 2.93 bits per heavy atom. The Hall–Kier alpha value is -3.06. The molecule has 7 heteroatoms. The number of hydrogen-bond acceptors (Lipinski definition) is 4. The fourth-order valence-electron chi connectivity index (χ4n) is 3.30. The molecule has 3 aromatic rings. The van der Waals surface area contributed by atoms with Crippen molar-refractivity contribution in [2.75, 3.05) is 11.9 Å². The molecule has 0 bridgehead atoms. The van der Waals surface area contributed by atoms with E-state index in [1.807, 2.05) is 67.1 Å². The van der Waals surface area contributed by atoms with Crippen LogP contribution >= 0.6 is 12.2 Å². The average Bonchev–Trinajstić information content (AvgIpc) is 3.21. The summed E-state index contributed by atoms with van der Waals surface area (Å²) in [5.41, 5.74) is 2.37. The molecule has 1 aliphatic heterocycles. The van der Waals surface area contributed by atoms with Crippen LogP contribution in [0.5, 0.6) is 11.5 Å². The van der Waals surface area contributed by atoms with Gasteiger partial charge in [0.1, 0.15) is 5.60 Å². The maximum Gasteiger partial charge on any atom is 0.262 e. The molecule has 0 aliphatic carbocycles. The lowest BCUT2D eigenvalue weighted by Gasteiger charge is -2.18. The van der Waals surface area contributed by atoms with Crippen molar-refractivity contribution < 1.29 is 14.3 Å². The molecule has 0 saturated heterocycles. The lowest BCUT2D eigenvalue weighted by atomic mass is 10.0. The maximum absolute atomic E-state index is 12.4. The molecule has 1 aliphatic rings. The third-order valence-corrected chi connectivity index (χ3v) is 4.79. The summed E-state index contributed by atoms with van der Waals surface area (Å²) >= 11 is 5.24.